The van der Waals surface area contributed by atoms with Gasteiger partial charge < -0.3 is 0 Å². The molecule has 1 aliphatic carbocycles. The fourth-order valence-electron chi connectivity index (χ4n) is 2.21. The SMILES string of the molecule is C/C=C\C1CCc2cc(C)ccc21.CC. The summed E-state index contributed by atoms with van der Waals surface area (Å²) < 4.78 is 0. The highest BCUT2D eigenvalue weighted by Gasteiger charge is 2.19. The Morgan fingerprint density at radius 3 is 2.67 bits per heavy atom. The normalized spacial score (nSPS) is 18.5. The Labute approximate surface area is 94.0 Å². The molecule has 0 saturated heterocycles. The van der Waals surface area contributed by atoms with Gasteiger partial charge in [-0.15, -0.1) is 0 Å². The molecular formula is C15H22. The van der Waals surface area contributed by atoms with Crippen LogP contribution in [0.1, 0.15) is 49.8 Å². The lowest BCUT2D eigenvalue weighted by Gasteiger charge is -2.05. The zero-order valence-corrected chi connectivity index (χ0v) is 10.4. The second-order valence-electron chi connectivity index (χ2n) is 3.87. The van der Waals surface area contributed by atoms with Crippen LogP contribution in [-0.4, -0.2) is 0 Å². The van der Waals surface area contributed by atoms with Crippen LogP contribution >= 0.6 is 0 Å². The lowest BCUT2D eigenvalue weighted by molar-refractivity contribution is 0.813. The molecule has 2 rings (SSSR count). The van der Waals surface area contributed by atoms with Crippen molar-refractivity contribution >= 4 is 0 Å². The van der Waals surface area contributed by atoms with Gasteiger partial charge in [0.05, 0.1) is 0 Å². The van der Waals surface area contributed by atoms with Gasteiger partial charge in [-0.25, -0.2) is 0 Å². The second-order valence-corrected chi connectivity index (χ2v) is 3.87. The minimum absolute atomic E-state index is 0.681. The van der Waals surface area contributed by atoms with Gasteiger partial charge in [-0.2, -0.15) is 0 Å². The molecule has 1 atom stereocenters. The predicted octanol–water partition coefficient (Wildman–Crippen LogP) is 4.63. The van der Waals surface area contributed by atoms with Crippen LogP contribution in [0.4, 0.5) is 0 Å². The van der Waals surface area contributed by atoms with E-state index in [-0.39, 0.29) is 0 Å². The highest BCUT2D eigenvalue weighted by molar-refractivity contribution is 5.40. The van der Waals surface area contributed by atoms with Gasteiger partial charge in [0.15, 0.2) is 0 Å². The molecule has 15 heavy (non-hydrogen) atoms. The van der Waals surface area contributed by atoms with E-state index < -0.39 is 0 Å². The molecule has 1 aromatic carbocycles. The van der Waals surface area contributed by atoms with Crippen LogP contribution in [-0.2, 0) is 6.42 Å². The second kappa shape index (κ2) is 5.75. The van der Waals surface area contributed by atoms with E-state index in [0.717, 1.165) is 0 Å². The molecule has 0 aromatic heterocycles. The molecule has 0 heteroatoms. The molecule has 0 nitrogen and oxygen atoms in total. The number of aryl methyl sites for hydroxylation is 2. The van der Waals surface area contributed by atoms with Crippen LogP contribution in [0.15, 0.2) is 30.4 Å². The minimum atomic E-state index is 0.681. The molecule has 1 aliphatic rings. The van der Waals surface area contributed by atoms with E-state index >= 15 is 0 Å². The first kappa shape index (κ1) is 12.0. The highest BCUT2D eigenvalue weighted by Crippen LogP contribution is 2.34. The zero-order chi connectivity index (χ0) is 11.3. The Morgan fingerprint density at radius 1 is 1.27 bits per heavy atom. The first-order chi connectivity index (χ1) is 7.31. The van der Waals surface area contributed by atoms with Crippen LogP contribution < -0.4 is 0 Å². The predicted molar refractivity (Wildman–Crippen MR) is 68.4 cm³/mol. The molecule has 0 radical (unpaired) electrons. The largest absolute Gasteiger partial charge is 0.0910 e. The Balaban J connectivity index is 0.000000531. The molecule has 0 fully saturated rings. The average molecular weight is 202 g/mol. The summed E-state index contributed by atoms with van der Waals surface area (Å²) in [6.45, 7) is 8.27. The van der Waals surface area contributed by atoms with Crippen LogP contribution in [0.3, 0.4) is 0 Å². The first-order valence-electron chi connectivity index (χ1n) is 6.03. The molecule has 82 valence electrons. The fraction of sp³-hybridized carbons (Fsp3) is 0.467. The van der Waals surface area contributed by atoms with Gasteiger partial charge in [0.2, 0.25) is 0 Å². The summed E-state index contributed by atoms with van der Waals surface area (Å²) in [5, 5.41) is 0. The summed E-state index contributed by atoms with van der Waals surface area (Å²) in [5.74, 6) is 0.681. The molecule has 0 N–H and O–H groups in total. The molecule has 1 unspecified atom stereocenters. The Morgan fingerprint density at radius 2 is 2.00 bits per heavy atom. The van der Waals surface area contributed by atoms with Crippen molar-refractivity contribution in [3.8, 4) is 0 Å². The fourth-order valence-corrected chi connectivity index (χ4v) is 2.21. The number of hydrogen-bond acceptors (Lipinski definition) is 0. The van der Waals surface area contributed by atoms with E-state index in [4.69, 9.17) is 0 Å². The number of allylic oxidation sites excluding steroid dienone is 2. The van der Waals surface area contributed by atoms with E-state index in [2.05, 4.69) is 44.2 Å². The van der Waals surface area contributed by atoms with Gasteiger partial charge in [-0.05, 0) is 37.8 Å². The van der Waals surface area contributed by atoms with Gasteiger partial charge >= 0.3 is 0 Å². The van der Waals surface area contributed by atoms with Gasteiger partial charge in [0.25, 0.3) is 0 Å². The van der Waals surface area contributed by atoms with Crippen molar-refractivity contribution in [3.05, 3.63) is 47.0 Å². The first-order valence-corrected chi connectivity index (χ1v) is 6.03. The number of rotatable bonds is 1. The molecule has 0 saturated carbocycles. The van der Waals surface area contributed by atoms with Crippen molar-refractivity contribution in [2.45, 2.75) is 46.5 Å². The minimum Gasteiger partial charge on any atom is -0.0910 e. The van der Waals surface area contributed by atoms with Gasteiger partial charge in [0, 0.05) is 5.92 Å². The lowest BCUT2D eigenvalue weighted by atomic mass is 10.00. The standard InChI is InChI=1S/C13H16.C2H6/c1-3-4-11-6-7-12-9-10(2)5-8-13(11)12;1-2/h3-5,8-9,11H,6-7H2,1-2H3;1-2H3/b4-3-;. The molecule has 0 bridgehead atoms. The quantitative estimate of drug-likeness (QED) is 0.583. The van der Waals surface area contributed by atoms with Crippen molar-refractivity contribution in [2.24, 2.45) is 0 Å². The average Bonchev–Trinajstić information content (AvgIpc) is 2.64. The molecule has 0 aliphatic heterocycles. The molecule has 0 heterocycles. The summed E-state index contributed by atoms with van der Waals surface area (Å²) in [6.07, 6.45) is 7.04. The third kappa shape index (κ3) is 2.71. The number of fused-ring (bicyclic) bond motifs is 1. The summed E-state index contributed by atoms with van der Waals surface area (Å²) >= 11 is 0. The van der Waals surface area contributed by atoms with Gasteiger partial charge in [-0.3, -0.25) is 0 Å². The maximum Gasteiger partial charge on any atom is 0.00237 e. The van der Waals surface area contributed by atoms with E-state index in [1.807, 2.05) is 13.8 Å². The number of benzene rings is 1. The lowest BCUT2D eigenvalue weighted by Crippen LogP contribution is -1.88. The van der Waals surface area contributed by atoms with Crippen LogP contribution in [0, 0.1) is 6.92 Å². The summed E-state index contributed by atoms with van der Waals surface area (Å²) in [4.78, 5) is 0. The van der Waals surface area contributed by atoms with Crippen molar-refractivity contribution in [3.63, 3.8) is 0 Å². The smallest absolute Gasteiger partial charge is 0.00237 e. The maximum absolute atomic E-state index is 2.33. The Kier molecular flexibility index (Phi) is 4.61. The maximum atomic E-state index is 2.33. The molecule has 0 amide bonds. The zero-order valence-electron chi connectivity index (χ0n) is 10.4. The van der Waals surface area contributed by atoms with Crippen LogP contribution in [0.5, 0.6) is 0 Å². The summed E-state index contributed by atoms with van der Waals surface area (Å²) in [7, 11) is 0. The topological polar surface area (TPSA) is 0 Å². The summed E-state index contributed by atoms with van der Waals surface area (Å²) in [6, 6.07) is 6.85. The third-order valence-corrected chi connectivity index (χ3v) is 2.85. The molecule has 1 aromatic rings. The molecular weight excluding hydrogens is 180 g/mol. The Hall–Kier alpha value is -1.04. The van der Waals surface area contributed by atoms with Crippen molar-refractivity contribution in [2.75, 3.05) is 0 Å². The third-order valence-electron chi connectivity index (χ3n) is 2.85. The van der Waals surface area contributed by atoms with Crippen molar-refractivity contribution in [1.82, 2.24) is 0 Å². The van der Waals surface area contributed by atoms with E-state index in [9.17, 15) is 0 Å². The van der Waals surface area contributed by atoms with Gasteiger partial charge in [0.1, 0.15) is 0 Å². The highest BCUT2D eigenvalue weighted by atomic mass is 14.2. The summed E-state index contributed by atoms with van der Waals surface area (Å²) in [5.41, 5.74) is 4.49. The van der Waals surface area contributed by atoms with Crippen molar-refractivity contribution < 1.29 is 0 Å². The van der Waals surface area contributed by atoms with Crippen LogP contribution in [0.25, 0.3) is 0 Å². The molecule has 0 spiro atoms. The number of hydrogen-bond donors (Lipinski definition) is 0. The van der Waals surface area contributed by atoms with Crippen molar-refractivity contribution in [1.29, 1.82) is 0 Å². The monoisotopic (exact) mass is 202 g/mol. The van der Waals surface area contributed by atoms with Gasteiger partial charge in [-0.1, -0.05) is 49.8 Å². The van der Waals surface area contributed by atoms with E-state index in [1.165, 1.54) is 18.4 Å². The van der Waals surface area contributed by atoms with E-state index in [0.29, 0.717) is 5.92 Å². The Bertz CT molecular complexity index is 334. The van der Waals surface area contributed by atoms with E-state index in [1.54, 1.807) is 11.1 Å². The van der Waals surface area contributed by atoms with Crippen LogP contribution in [0.2, 0.25) is 0 Å².